The number of carbonyl (C=O) groups excluding carboxylic acids is 3. The normalized spacial score (nSPS) is 10.9. The molecule has 0 saturated heterocycles. The van der Waals surface area contributed by atoms with E-state index in [-0.39, 0.29) is 12.2 Å². The Bertz CT molecular complexity index is 887. The number of hydrogen-bond donors (Lipinski definition) is 0. The Morgan fingerprint density at radius 2 is 1.76 bits per heavy atom. The van der Waals surface area contributed by atoms with Crippen LogP contribution in [0.1, 0.15) is 61.5 Å². The Hall–Kier alpha value is -2.34. The van der Waals surface area contributed by atoms with Crippen molar-refractivity contribution >= 4 is 39.5 Å². The third kappa shape index (κ3) is 5.60. The van der Waals surface area contributed by atoms with Crippen molar-refractivity contribution in [3.63, 3.8) is 0 Å². The maximum Gasteiger partial charge on any atom is 0.343 e. The molecule has 0 saturated carbocycles. The lowest BCUT2D eigenvalue weighted by atomic mass is 10.1. The number of halogens is 1. The summed E-state index contributed by atoms with van der Waals surface area (Å²) in [5.74, 6) is -0.963. The number of aryl methyl sites for hydroxylation is 1. The van der Waals surface area contributed by atoms with E-state index in [1.54, 1.807) is 19.1 Å². The van der Waals surface area contributed by atoms with Crippen LogP contribution in [0.2, 0.25) is 0 Å². The molecule has 2 rings (SSSR count). The number of fused-ring (bicyclic) bond motifs is 1. The predicted octanol–water partition coefficient (Wildman–Crippen LogP) is 4.81. The van der Waals surface area contributed by atoms with Gasteiger partial charge in [0, 0.05) is 12.2 Å². The summed E-state index contributed by atoms with van der Waals surface area (Å²) in [4.78, 5) is 35.6. The fourth-order valence-electron chi connectivity index (χ4n) is 3.52. The highest BCUT2D eigenvalue weighted by atomic mass is 35.5. The third-order valence-corrected chi connectivity index (χ3v) is 5.20. The van der Waals surface area contributed by atoms with Crippen LogP contribution in [-0.4, -0.2) is 35.3 Å². The molecule has 0 amide bonds. The van der Waals surface area contributed by atoms with Crippen LogP contribution < -0.4 is 4.74 Å². The molecule has 0 unspecified atom stereocenters. The van der Waals surface area contributed by atoms with E-state index >= 15 is 0 Å². The molecule has 0 bridgehead atoms. The molecule has 1 heterocycles. The summed E-state index contributed by atoms with van der Waals surface area (Å²) in [6.45, 7) is 4.42. The van der Waals surface area contributed by atoms with E-state index in [0.717, 1.165) is 24.9 Å². The van der Waals surface area contributed by atoms with Crippen molar-refractivity contribution in [2.24, 2.45) is 0 Å². The second-order valence-corrected chi connectivity index (χ2v) is 7.34. The summed E-state index contributed by atoms with van der Waals surface area (Å²) in [5, 5.41) is -0.548. The molecule has 0 atom stereocenters. The van der Waals surface area contributed by atoms with E-state index in [9.17, 15) is 14.4 Å². The number of methoxy groups -OCH3 is 1. The van der Waals surface area contributed by atoms with Gasteiger partial charge in [0.2, 0.25) is 5.78 Å². The Labute approximate surface area is 176 Å². The molecule has 1 aromatic carbocycles. The zero-order valence-corrected chi connectivity index (χ0v) is 18.0. The lowest BCUT2D eigenvalue weighted by Crippen LogP contribution is -2.13. The zero-order valence-electron chi connectivity index (χ0n) is 17.3. The maximum atomic E-state index is 12.5. The molecule has 0 fully saturated rings. The maximum absolute atomic E-state index is 12.5. The van der Waals surface area contributed by atoms with Gasteiger partial charge in [0.1, 0.15) is 5.75 Å². The highest BCUT2D eigenvalue weighted by molar-refractivity contribution is 6.83. The van der Waals surface area contributed by atoms with Crippen molar-refractivity contribution in [1.82, 2.24) is 4.57 Å². The SMILES string of the molecule is CCCCCCCCn1c(C)c(C(=O)C(=O)Cl)c2c(OCC(=O)OC)cccc21. The molecule has 29 heavy (non-hydrogen) atoms. The van der Waals surface area contributed by atoms with Crippen molar-refractivity contribution in [3.05, 3.63) is 29.5 Å². The quantitative estimate of drug-likeness (QED) is 0.161. The number of ketones is 1. The third-order valence-electron chi connectivity index (χ3n) is 5.03. The van der Waals surface area contributed by atoms with Gasteiger partial charge in [0.05, 0.1) is 23.6 Å². The Morgan fingerprint density at radius 3 is 2.41 bits per heavy atom. The molecule has 0 aliphatic rings. The smallest absolute Gasteiger partial charge is 0.343 e. The van der Waals surface area contributed by atoms with Crippen LogP contribution in [0, 0.1) is 6.92 Å². The number of benzene rings is 1. The first-order valence-corrected chi connectivity index (χ1v) is 10.4. The van der Waals surface area contributed by atoms with Gasteiger partial charge in [-0.25, -0.2) is 4.79 Å². The Balaban J connectivity index is 2.39. The average Bonchev–Trinajstić information content (AvgIpc) is 2.99. The minimum absolute atomic E-state index is 0.228. The number of carbonyl (C=O) groups is 3. The standard InChI is InChI=1S/C22H28ClNO5/c1-4-5-6-7-8-9-13-24-15(2)19(21(26)22(23)27)20-16(24)11-10-12-17(20)29-14-18(25)28-3/h10-12H,4-9,13-14H2,1-3H3. The number of hydrogen-bond acceptors (Lipinski definition) is 5. The largest absolute Gasteiger partial charge is 0.481 e. The Kier molecular flexibility index (Phi) is 8.70. The fourth-order valence-corrected chi connectivity index (χ4v) is 3.62. The van der Waals surface area contributed by atoms with E-state index in [1.807, 2.05) is 10.6 Å². The molecular formula is C22H28ClNO5. The minimum atomic E-state index is -1.05. The van der Waals surface area contributed by atoms with Crippen molar-refractivity contribution in [3.8, 4) is 5.75 Å². The monoisotopic (exact) mass is 421 g/mol. The predicted molar refractivity (Wildman–Crippen MR) is 113 cm³/mol. The van der Waals surface area contributed by atoms with Crippen molar-refractivity contribution < 1.29 is 23.9 Å². The summed E-state index contributed by atoms with van der Waals surface area (Å²) < 4.78 is 12.2. The van der Waals surface area contributed by atoms with E-state index in [2.05, 4.69) is 11.7 Å². The minimum Gasteiger partial charge on any atom is -0.481 e. The molecule has 0 N–H and O–H groups in total. The van der Waals surface area contributed by atoms with Crippen molar-refractivity contribution in [1.29, 1.82) is 0 Å². The van der Waals surface area contributed by atoms with Crippen LogP contribution in [0.5, 0.6) is 5.75 Å². The van der Waals surface area contributed by atoms with Gasteiger partial charge in [-0.3, -0.25) is 9.59 Å². The summed E-state index contributed by atoms with van der Waals surface area (Å²) >= 11 is 5.51. The molecule has 0 radical (unpaired) electrons. The van der Waals surface area contributed by atoms with Gasteiger partial charge in [-0.1, -0.05) is 45.1 Å². The van der Waals surface area contributed by atoms with Gasteiger partial charge < -0.3 is 14.0 Å². The van der Waals surface area contributed by atoms with Crippen LogP contribution >= 0.6 is 11.6 Å². The number of unbranched alkanes of at least 4 members (excludes halogenated alkanes) is 5. The molecule has 158 valence electrons. The summed E-state index contributed by atoms with van der Waals surface area (Å²) in [5.41, 5.74) is 1.67. The van der Waals surface area contributed by atoms with Crippen LogP contribution in [0.25, 0.3) is 10.9 Å². The van der Waals surface area contributed by atoms with Gasteiger partial charge in [-0.05, 0) is 37.1 Å². The van der Waals surface area contributed by atoms with E-state index in [0.29, 0.717) is 16.8 Å². The van der Waals surface area contributed by atoms with Crippen LogP contribution in [0.3, 0.4) is 0 Å². The average molecular weight is 422 g/mol. The molecule has 0 aliphatic carbocycles. The molecule has 2 aromatic rings. The fraction of sp³-hybridized carbons (Fsp3) is 0.500. The Morgan fingerprint density at radius 1 is 1.07 bits per heavy atom. The molecular weight excluding hydrogens is 394 g/mol. The highest BCUT2D eigenvalue weighted by Gasteiger charge is 2.26. The van der Waals surface area contributed by atoms with E-state index < -0.39 is 17.0 Å². The number of esters is 1. The molecule has 0 spiro atoms. The molecule has 1 aromatic heterocycles. The first kappa shape index (κ1) is 22.9. The van der Waals surface area contributed by atoms with Crippen LogP contribution in [0.4, 0.5) is 0 Å². The number of Topliss-reactive ketones (excluding diaryl/α,β-unsaturated/α-hetero) is 1. The number of aromatic nitrogens is 1. The van der Waals surface area contributed by atoms with Gasteiger partial charge in [0.25, 0.3) is 5.24 Å². The van der Waals surface area contributed by atoms with Gasteiger partial charge in [-0.15, -0.1) is 0 Å². The van der Waals surface area contributed by atoms with Crippen molar-refractivity contribution in [2.45, 2.75) is 58.9 Å². The second-order valence-electron chi connectivity index (χ2n) is 7.00. The van der Waals surface area contributed by atoms with Gasteiger partial charge in [-0.2, -0.15) is 0 Å². The van der Waals surface area contributed by atoms with Crippen LogP contribution in [-0.2, 0) is 20.9 Å². The lowest BCUT2D eigenvalue weighted by Gasteiger charge is -2.09. The van der Waals surface area contributed by atoms with E-state index in [4.69, 9.17) is 16.3 Å². The first-order valence-electron chi connectivity index (χ1n) is 9.97. The second kappa shape index (κ2) is 11.0. The molecule has 6 nitrogen and oxygen atoms in total. The highest BCUT2D eigenvalue weighted by Crippen LogP contribution is 2.34. The number of ether oxygens (including phenoxy) is 2. The van der Waals surface area contributed by atoms with E-state index in [1.165, 1.54) is 32.8 Å². The topological polar surface area (TPSA) is 74.6 Å². The zero-order chi connectivity index (χ0) is 21.4. The summed E-state index contributed by atoms with van der Waals surface area (Å²) in [7, 11) is 1.27. The summed E-state index contributed by atoms with van der Waals surface area (Å²) in [6.07, 6.45) is 6.89. The number of rotatable bonds is 12. The van der Waals surface area contributed by atoms with Gasteiger partial charge >= 0.3 is 5.97 Å². The molecule has 0 aliphatic heterocycles. The summed E-state index contributed by atoms with van der Waals surface area (Å²) in [6, 6.07) is 5.33. The first-order chi connectivity index (χ1) is 13.9. The molecule has 7 heteroatoms. The van der Waals surface area contributed by atoms with Crippen molar-refractivity contribution in [2.75, 3.05) is 13.7 Å². The number of nitrogens with zero attached hydrogens (tertiary/aromatic N) is 1. The van der Waals surface area contributed by atoms with Crippen LogP contribution in [0.15, 0.2) is 18.2 Å². The van der Waals surface area contributed by atoms with Gasteiger partial charge in [0.15, 0.2) is 6.61 Å². The lowest BCUT2D eigenvalue weighted by molar-refractivity contribution is -0.142.